The smallest absolute Gasteiger partial charge is 0.410 e. The molecule has 7 nitrogen and oxygen atoms in total. The number of hydrogen-bond acceptors (Lipinski definition) is 6. The minimum atomic E-state index is -1.12. The molecule has 0 radical (unpaired) electrons. The predicted octanol–water partition coefficient (Wildman–Crippen LogP) is 5.83. The zero-order valence-electron chi connectivity index (χ0n) is 19.2. The highest BCUT2D eigenvalue weighted by atomic mass is 35.5. The van der Waals surface area contributed by atoms with Crippen LogP contribution < -0.4 is 5.32 Å². The number of benzene rings is 3. The van der Waals surface area contributed by atoms with Crippen LogP contribution in [0.5, 0.6) is 0 Å². The molecule has 1 amide bonds. The summed E-state index contributed by atoms with van der Waals surface area (Å²) in [5.41, 5.74) is 1.96. The van der Waals surface area contributed by atoms with Crippen LogP contribution in [0.4, 0.5) is 4.79 Å². The third kappa shape index (κ3) is 8.79. The van der Waals surface area contributed by atoms with Crippen molar-refractivity contribution in [2.24, 2.45) is 0 Å². The molecule has 0 heterocycles. The van der Waals surface area contributed by atoms with E-state index in [-0.39, 0.29) is 19.4 Å². The van der Waals surface area contributed by atoms with Crippen molar-refractivity contribution in [3.05, 3.63) is 107 Å². The van der Waals surface area contributed by atoms with Crippen LogP contribution in [0, 0.1) is 0 Å². The van der Waals surface area contributed by atoms with Gasteiger partial charge in [0, 0.05) is 18.4 Å². The fourth-order valence-electron chi connectivity index (χ4n) is 3.23. The molecule has 8 heteroatoms. The summed E-state index contributed by atoms with van der Waals surface area (Å²) >= 11 is 5.98. The number of ether oxygens (including phenoxy) is 3. The van der Waals surface area contributed by atoms with Gasteiger partial charge < -0.3 is 19.5 Å². The van der Waals surface area contributed by atoms with E-state index in [1.165, 1.54) is 6.92 Å². The van der Waals surface area contributed by atoms with Crippen LogP contribution in [0.2, 0.25) is 5.02 Å². The SMILES string of the molecule is CC(OC(=O)NC(CCC(=O)OCc1ccccc1)c1ccc(Cl)cc1)OC(=O)c1ccccc1. The summed E-state index contributed by atoms with van der Waals surface area (Å²) in [6.45, 7) is 1.61. The molecular formula is C27H26ClNO6. The highest BCUT2D eigenvalue weighted by Gasteiger charge is 2.21. The maximum Gasteiger partial charge on any atom is 0.410 e. The molecule has 0 saturated carbocycles. The average Bonchev–Trinajstić information content (AvgIpc) is 2.86. The second-order valence-corrected chi connectivity index (χ2v) is 8.11. The van der Waals surface area contributed by atoms with Crippen molar-refractivity contribution in [2.45, 2.75) is 38.7 Å². The summed E-state index contributed by atoms with van der Waals surface area (Å²) in [5, 5.41) is 3.26. The molecule has 0 aromatic heterocycles. The van der Waals surface area contributed by atoms with Crippen LogP contribution >= 0.6 is 11.6 Å². The standard InChI is InChI=1S/C27H26ClNO6/c1-19(34-26(31)22-10-6-3-7-11-22)35-27(32)29-24(21-12-14-23(28)15-13-21)16-17-25(30)33-18-20-8-4-2-5-9-20/h2-15,19,24H,16-18H2,1H3,(H,29,32). The fraction of sp³-hybridized carbons (Fsp3) is 0.222. The maximum absolute atomic E-state index is 12.5. The topological polar surface area (TPSA) is 90.9 Å². The number of nitrogens with one attached hydrogen (secondary N) is 1. The number of halogens is 1. The van der Waals surface area contributed by atoms with E-state index in [2.05, 4.69) is 5.32 Å². The van der Waals surface area contributed by atoms with Gasteiger partial charge in [-0.3, -0.25) is 4.79 Å². The zero-order chi connectivity index (χ0) is 25.0. The average molecular weight is 496 g/mol. The normalized spacial score (nSPS) is 12.2. The van der Waals surface area contributed by atoms with E-state index in [4.69, 9.17) is 25.8 Å². The number of amides is 1. The molecule has 2 atom stereocenters. The number of carbonyl (C=O) groups excluding carboxylic acids is 3. The number of rotatable bonds is 10. The van der Waals surface area contributed by atoms with Gasteiger partial charge in [0.15, 0.2) is 0 Å². The summed E-state index contributed by atoms with van der Waals surface area (Å²) in [4.78, 5) is 36.9. The summed E-state index contributed by atoms with van der Waals surface area (Å²) in [6.07, 6.45) is -1.58. The van der Waals surface area contributed by atoms with Crippen LogP contribution in [-0.2, 0) is 25.6 Å². The van der Waals surface area contributed by atoms with Crippen molar-refractivity contribution >= 4 is 29.6 Å². The molecule has 0 aliphatic carbocycles. The first kappa shape index (κ1) is 25.8. The summed E-state index contributed by atoms with van der Waals surface area (Å²) in [5.74, 6) is -1.01. The van der Waals surface area contributed by atoms with Gasteiger partial charge in [0.2, 0.25) is 6.29 Å². The molecule has 3 aromatic carbocycles. The second-order valence-electron chi connectivity index (χ2n) is 7.68. The Bertz CT molecular complexity index is 1110. The van der Waals surface area contributed by atoms with Gasteiger partial charge in [0.05, 0.1) is 11.6 Å². The second kappa shape index (κ2) is 13.2. The Labute approximate surface area is 209 Å². The molecule has 0 saturated heterocycles. The molecule has 2 unspecified atom stereocenters. The molecule has 0 fully saturated rings. The number of carbonyl (C=O) groups is 3. The van der Waals surface area contributed by atoms with Crippen LogP contribution in [0.25, 0.3) is 0 Å². The van der Waals surface area contributed by atoms with Gasteiger partial charge >= 0.3 is 18.0 Å². The Morgan fingerprint density at radius 3 is 2.14 bits per heavy atom. The van der Waals surface area contributed by atoms with E-state index in [0.29, 0.717) is 10.6 Å². The molecule has 35 heavy (non-hydrogen) atoms. The highest BCUT2D eigenvalue weighted by molar-refractivity contribution is 6.30. The summed E-state index contributed by atoms with van der Waals surface area (Å²) in [7, 11) is 0. The largest absolute Gasteiger partial charge is 0.461 e. The molecule has 3 rings (SSSR count). The summed E-state index contributed by atoms with van der Waals surface area (Å²) in [6, 6.07) is 24.1. The number of esters is 2. The molecule has 0 bridgehead atoms. The van der Waals surface area contributed by atoms with E-state index in [1.807, 2.05) is 30.3 Å². The van der Waals surface area contributed by atoms with Gasteiger partial charge in [0.1, 0.15) is 6.61 Å². The molecule has 0 aliphatic rings. The van der Waals surface area contributed by atoms with Crippen molar-refractivity contribution in [1.82, 2.24) is 5.32 Å². The summed E-state index contributed by atoms with van der Waals surface area (Å²) < 4.78 is 15.7. The van der Waals surface area contributed by atoms with Gasteiger partial charge in [0.25, 0.3) is 0 Å². The first-order valence-corrected chi connectivity index (χ1v) is 11.5. The van der Waals surface area contributed by atoms with Crippen LogP contribution in [0.3, 0.4) is 0 Å². The fourth-order valence-corrected chi connectivity index (χ4v) is 3.36. The van der Waals surface area contributed by atoms with Gasteiger partial charge in [-0.15, -0.1) is 0 Å². The van der Waals surface area contributed by atoms with Crippen molar-refractivity contribution in [1.29, 1.82) is 0 Å². The van der Waals surface area contributed by atoms with Crippen molar-refractivity contribution in [2.75, 3.05) is 0 Å². The lowest BCUT2D eigenvalue weighted by Gasteiger charge is -2.21. The molecular weight excluding hydrogens is 470 g/mol. The van der Waals surface area contributed by atoms with E-state index in [9.17, 15) is 14.4 Å². The zero-order valence-corrected chi connectivity index (χ0v) is 19.9. The number of alkyl carbamates (subject to hydrolysis) is 1. The Morgan fingerprint density at radius 2 is 1.49 bits per heavy atom. The van der Waals surface area contributed by atoms with Gasteiger partial charge in [-0.25, -0.2) is 9.59 Å². The highest BCUT2D eigenvalue weighted by Crippen LogP contribution is 2.22. The van der Waals surface area contributed by atoms with Crippen LogP contribution in [-0.4, -0.2) is 24.3 Å². The van der Waals surface area contributed by atoms with Gasteiger partial charge in [-0.1, -0.05) is 72.3 Å². The van der Waals surface area contributed by atoms with Gasteiger partial charge in [-0.2, -0.15) is 0 Å². The van der Waals surface area contributed by atoms with Crippen LogP contribution in [0.1, 0.15) is 47.3 Å². The maximum atomic E-state index is 12.5. The first-order chi connectivity index (χ1) is 16.9. The lowest BCUT2D eigenvalue weighted by atomic mass is 10.0. The van der Waals surface area contributed by atoms with Crippen molar-refractivity contribution in [3.63, 3.8) is 0 Å². The lowest BCUT2D eigenvalue weighted by molar-refractivity contribution is -0.145. The third-order valence-corrected chi connectivity index (χ3v) is 5.25. The molecule has 0 aliphatic heterocycles. The minimum absolute atomic E-state index is 0.0684. The monoisotopic (exact) mass is 495 g/mol. The van der Waals surface area contributed by atoms with Crippen LogP contribution in [0.15, 0.2) is 84.9 Å². The quantitative estimate of drug-likeness (QED) is 0.281. The van der Waals surface area contributed by atoms with E-state index in [1.54, 1.807) is 54.6 Å². The van der Waals surface area contributed by atoms with E-state index in [0.717, 1.165) is 11.1 Å². The molecule has 3 aromatic rings. The Hall–Kier alpha value is -3.84. The Balaban J connectivity index is 1.55. The van der Waals surface area contributed by atoms with E-state index < -0.39 is 30.4 Å². The molecule has 1 N–H and O–H groups in total. The third-order valence-electron chi connectivity index (χ3n) is 5.00. The van der Waals surface area contributed by atoms with Crippen molar-refractivity contribution in [3.8, 4) is 0 Å². The predicted molar refractivity (Wildman–Crippen MR) is 131 cm³/mol. The number of hydrogen-bond donors (Lipinski definition) is 1. The molecule has 182 valence electrons. The lowest BCUT2D eigenvalue weighted by Crippen LogP contribution is -2.33. The van der Waals surface area contributed by atoms with Crippen molar-refractivity contribution < 1.29 is 28.6 Å². The Kier molecular flexibility index (Phi) is 9.69. The van der Waals surface area contributed by atoms with Gasteiger partial charge in [-0.05, 0) is 41.8 Å². The van der Waals surface area contributed by atoms with E-state index >= 15 is 0 Å². The Morgan fingerprint density at radius 1 is 0.857 bits per heavy atom. The first-order valence-electron chi connectivity index (χ1n) is 11.1. The minimum Gasteiger partial charge on any atom is -0.461 e. The molecule has 0 spiro atoms.